The normalized spacial score (nSPS) is 36.3. The zero-order chi connectivity index (χ0) is 11.0. The minimum atomic E-state index is -0.670. The summed E-state index contributed by atoms with van der Waals surface area (Å²) in [7, 11) is 0. The average Bonchev–Trinajstić information content (AvgIpc) is 2.17. The Morgan fingerprint density at radius 3 is 2.67 bits per heavy atom. The molecule has 15 heavy (non-hydrogen) atoms. The van der Waals surface area contributed by atoms with Crippen LogP contribution >= 0.6 is 0 Å². The Bertz CT molecular complexity index is 304. The van der Waals surface area contributed by atoms with E-state index in [1.165, 1.54) is 18.4 Å². The maximum absolute atomic E-state index is 11.2. The van der Waals surface area contributed by atoms with Crippen LogP contribution in [-0.2, 0) is 4.79 Å². The zero-order valence-corrected chi connectivity index (χ0v) is 9.62. The van der Waals surface area contributed by atoms with Gasteiger partial charge in [-0.15, -0.1) is 0 Å². The van der Waals surface area contributed by atoms with Crippen LogP contribution in [0.15, 0.2) is 11.1 Å². The van der Waals surface area contributed by atoms with Crippen molar-refractivity contribution in [2.45, 2.75) is 46.0 Å². The molecule has 2 nitrogen and oxygen atoms in total. The van der Waals surface area contributed by atoms with Gasteiger partial charge in [-0.3, -0.25) is 0 Å². The topological polar surface area (TPSA) is 37.3 Å². The molecule has 2 aliphatic rings. The highest BCUT2D eigenvalue weighted by Gasteiger charge is 2.34. The Balaban J connectivity index is 2.32. The van der Waals surface area contributed by atoms with Gasteiger partial charge >= 0.3 is 5.97 Å². The molecule has 0 aliphatic heterocycles. The summed E-state index contributed by atoms with van der Waals surface area (Å²) < 4.78 is 0. The predicted octanol–water partition coefficient (Wildman–Crippen LogP) is 3.23. The van der Waals surface area contributed by atoms with Gasteiger partial charge in [0.25, 0.3) is 0 Å². The fraction of sp³-hybridized carbons (Fsp3) is 0.769. The Hall–Kier alpha value is -0.790. The van der Waals surface area contributed by atoms with E-state index in [1.54, 1.807) is 0 Å². The lowest BCUT2D eigenvalue weighted by atomic mass is 9.67. The summed E-state index contributed by atoms with van der Waals surface area (Å²) in [4.78, 5) is 11.2. The van der Waals surface area contributed by atoms with Gasteiger partial charge in [-0.1, -0.05) is 19.4 Å². The highest BCUT2D eigenvalue weighted by molar-refractivity contribution is 5.87. The van der Waals surface area contributed by atoms with Gasteiger partial charge in [0.1, 0.15) is 0 Å². The maximum Gasteiger partial charge on any atom is 0.331 e. The quantitative estimate of drug-likeness (QED) is 0.718. The second kappa shape index (κ2) is 3.99. The summed E-state index contributed by atoms with van der Waals surface area (Å²) in [6, 6.07) is 0. The SMILES string of the molecule is C[C@H]1CC[C@@H]2C(=C(C(=O)O)CC[C@H]2C)C1. The van der Waals surface area contributed by atoms with Gasteiger partial charge in [0.2, 0.25) is 0 Å². The molecular formula is C13H20O2. The van der Waals surface area contributed by atoms with Crippen LogP contribution in [0.3, 0.4) is 0 Å². The monoisotopic (exact) mass is 208 g/mol. The summed E-state index contributed by atoms with van der Waals surface area (Å²) >= 11 is 0. The smallest absolute Gasteiger partial charge is 0.331 e. The van der Waals surface area contributed by atoms with E-state index < -0.39 is 5.97 Å². The van der Waals surface area contributed by atoms with E-state index in [4.69, 9.17) is 0 Å². The van der Waals surface area contributed by atoms with Crippen molar-refractivity contribution >= 4 is 5.97 Å². The number of aliphatic carboxylic acids is 1. The van der Waals surface area contributed by atoms with Crippen LogP contribution in [0.5, 0.6) is 0 Å². The Morgan fingerprint density at radius 1 is 1.27 bits per heavy atom. The van der Waals surface area contributed by atoms with Crippen LogP contribution in [0.1, 0.15) is 46.0 Å². The predicted molar refractivity (Wildman–Crippen MR) is 59.6 cm³/mol. The molecule has 1 saturated carbocycles. The van der Waals surface area contributed by atoms with Crippen LogP contribution in [-0.4, -0.2) is 11.1 Å². The van der Waals surface area contributed by atoms with Crippen molar-refractivity contribution in [3.05, 3.63) is 11.1 Å². The maximum atomic E-state index is 11.2. The van der Waals surface area contributed by atoms with E-state index >= 15 is 0 Å². The summed E-state index contributed by atoms with van der Waals surface area (Å²) in [5, 5.41) is 9.19. The largest absolute Gasteiger partial charge is 0.478 e. The highest BCUT2D eigenvalue weighted by Crippen LogP contribution is 2.44. The molecule has 0 spiro atoms. The number of hydrogen-bond acceptors (Lipinski definition) is 1. The van der Waals surface area contributed by atoms with Gasteiger partial charge in [-0.2, -0.15) is 0 Å². The first-order valence-corrected chi connectivity index (χ1v) is 6.04. The molecule has 2 aliphatic carbocycles. The minimum Gasteiger partial charge on any atom is -0.478 e. The molecule has 1 fully saturated rings. The number of carbonyl (C=O) groups is 1. The average molecular weight is 208 g/mol. The molecule has 0 amide bonds. The van der Waals surface area contributed by atoms with Crippen molar-refractivity contribution in [3.63, 3.8) is 0 Å². The van der Waals surface area contributed by atoms with Crippen molar-refractivity contribution in [1.82, 2.24) is 0 Å². The number of hydrogen-bond donors (Lipinski definition) is 1. The van der Waals surface area contributed by atoms with Crippen LogP contribution in [0.25, 0.3) is 0 Å². The molecule has 0 aromatic rings. The summed E-state index contributed by atoms with van der Waals surface area (Å²) in [6.45, 7) is 4.52. The number of rotatable bonds is 1. The molecule has 2 heteroatoms. The third-order valence-corrected chi connectivity index (χ3v) is 4.17. The van der Waals surface area contributed by atoms with Gasteiger partial charge in [0.05, 0.1) is 0 Å². The fourth-order valence-corrected chi connectivity index (χ4v) is 3.22. The first kappa shape index (κ1) is 10.7. The summed E-state index contributed by atoms with van der Waals surface area (Å²) in [6.07, 6.45) is 5.34. The lowest BCUT2D eigenvalue weighted by Gasteiger charge is -2.38. The second-order valence-electron chi connectivity index (χ2n) is 5.32. The highest BCUT2D eigenvalue weighted by atomic mass is 16.4. The molecule has 0 saturated heterocycles. The van der Waals surface area contributed by atoms with E-state index in [0.29, 0.717) is 17.8 Å². The van der Waals surface area contributed by atoms with Crippen LogP contribution < -0.4 is 0 Å². The van der Waals surface area contributed by atoms with Crippen molar-refractivity contribution < 1.29 is 9.90 Å². The van der Waals surface area contributed by atoms with Gasteiger partial charge in [0.15, 0.2) is 0 Å². The first-order valence-electron chi connectivity index (χ1n) is 6.04. The third-order valence-electron chi connectivity index (χ3n) is 4.17. The molecule has 1 N–H and O–H groups in total. The standard InChI is InChI=1S/C13H20O2/c1-8-3-5-10-9(2)4-6-11(13(14)15)12(10)7-8/h8-10H,3-7H2,1-2H3,(H,14,15)/t8-,9+,10-/m0/s1. The van der Waals surface area contributed by atoms with Crippen molar-refractivity contribution in [3.8, 4) is 0 Å². The van der Waals surface area contributed by atoms with Crippen molar-refractivity contribution in [1.29, 1.82) is 0 Å². The zero-order valence-electron chi connectivity index (χ0n) is 9.62. The van der Waals surface area contributed by atoms with Crippen LogP contribution in [0, 0.1) is 17.8 Å². The molecule has 84 valence electrons. The number of fused-ring (bicyclic) bond motifs is 1. The third kappa shape index (κ3) is 1.95. The molecule has 0 aromatic carbocycles. The van der Waals surface area contributed by atoms with Gasteiger partial charge in [0, 0.05) is 5.57 Å². The van der Waals surface area contributed by atoms with E-state index in [2.05, 4.69) is 13.8 Å². The number of allylic oxidation sites excluding steroid dienone is 1. The van der Waals surface area contributed by atoms with Crippen LogP contribution in [0.4, 0.5) is 0 Å². The van der Waals surface area contributed by atoms with E-state index in [9.17, 15) is 9.90 Å². The van der Waals surface area contributed by atoms with E-state index in [-0.39, 0.29) is 0 Å². The fourth-order valence-electron chi connectivity index (χ4n) is 3.22. The van der Waals surface area contributed by atoms with Crippen molar-refractivity contribution in [2.75, 3.05) is 0 Å². The molecular weight excluding hydrogens is 188 g/mol. The van der Waals surface area contributed by atoms with Gasteiger partial charge in [-0.25, -0.2) is 4.79 Å². The molecule has 2 rings (SSSR count). The second-order valence-corrected chi connectivity index (χ2v) is 5.32. The van der Waals surface area contributed by atoms with Gasteiger partial charge in [-0.05, 0) is 49.9 Å². The first-order chi connectivity index (χ1) is 7.09. The molecule has 3 atom stereocenters. The lowest BCUT2D eigenvalue weighted by Crippen LogP contribution is -2.28. The molecule has 0 bridgehead atoms. The van der Waals surface area contributed by atoms with Gasteiger partial charge < -0.3 is 5.11 Å². The summed E-state index contributed by atoms with van der Waals surface area (Å²) in [5.41, 5.74) is 2.02. The van der Waals surface area contributed by atoms with Crippen LogP contribution in [0.2, 0.25) is 0 Å². The van der Waals surface area contributed by atoms with E-state index in [1.807, 2.05) is 0 Å². The molecule has 0 unspecified atom stereocenters. The molecule has 0 heterocycles. The lowest BCUT2D eigenvalue weighted by molar-refractivity contribution is -0.133. The Kier molecular flexibility index (Phi) is 2.85. The molecule has 0 aromatic heterocycles. The number of carboxylic acids is 1. The van der Waals surface area contributed by atoms with Crippen molar-refractivity contribution in [2.24, 2.45) is 17.8 Å². The Labute approximate surface area is 91.4 Å². The summed E-state index contributed by atoms with van der Waals surface area (Å²) in [5.74, 6) is 1.27. The minimum absolute atomic E-state index is 0.570. The number of carboxylic acid groups (broad SMARTS) is 1. The Morgan fingerprint density at radius 2 is 2.00 bits per heavy atom. The van der Waals surface area contributed by atoms with E-state index in [0.717, 1.165) is 24.8 Å². The molecule has 0 radical (unpaired) electrons.